The minimum atomic E-state index is -1.04. The molecule has 0 spiro atoms. The van der Waals surface area contributed by atoms with E-state index in [1.54, 1.807) is 12.4 Å². The van der Waals surface area contributed by atoms with Gasteiger partial charge in [0.1, 0.15) is 6.73 Å². The third kappa shape index (κ3) is 4.26. The first kappa shape index (κ1) is 15.4. The molecule has 0 unspecified atom stereocenters. The number of nitrogens with zero attached hydrogens (tertiary/aromatic N) is 3. The predicted molar refractivity (Wildman–Crippen MR) is 87.3 cm³/mol. The van der Waals surface area contributed by atoms with Crippen LogP contribution >= 0.6 is 15.9 Å². The molecule has 0 aliphatic heterocycles. The molecule has 0 aromatic carbocycles. The van der Waals surface area contributed by atoms with Crippen LogP contribution in [0.3, 0.4) is 0 Å². The van der Waals surface area contributed by atoms with Crippen LogP contribution in [0.2, 0.25) is 25.7 Å². The van der Waals surface area contributed by atoms with Crippen molar-refractivity contribution < 1.29 is 4.74 Å². The molecule has 2 aromatic rings. The lowest BCUT2D eigenvalue weighted by Gasteiger charge is -2.16. The molecule has 2 aromatic heterocycles. The highest BCUT2D eigenvalue weighted by molar-refractivity contribution is 9.10. The van der Waals surface area contributed by atoms with Crippen LogP contribution in [0.4, 0.5) is 0 Å². The summed E-state index contributed by atoms with van der Waals surface area (Å²) >= 11 is 3.53. The van der Waals surface area contributed by atoms with Gasteiger partial charge in [0.05, 0.1) is 16.4 Å². The average molecular weight is 354 g/mol. The van der Waals surface area contributed by atoms with Gasteiger partial charge in [-0.25, -0.2) is 4.68 Å². The molecule has 2 heterocycles. The Labute approximate surface area is 129 Å². The molecule has 0 atom stereocenters. The highest BCUT2D eigenvalue weighted by atomic mass is 79.9. The lowest BCUT2D eigenvalue weighted by atomic mass is 10.2. The monoisotopic (exact) mass is 353 g/mol. The molecule has 0 radical (unpaired) electrons. The summed E-state index contributed by atoms with van der Waals surface area (Å²) in [5, 5.41) is 4.35. The largest absolute Gasteiger partial charge is 0.360 e. The summed E-state index contributed by atoms with van der Waals surface area (Å²) in [7, 11) is -1.04. The van der Waals surface area contributed by atoms with E-state index in [-0.39, 0.29) is 0 Å². The molecule has 108 valence electrons. The molecule has 0 amide bonds. The topological polar surface area (TPSA) is 39.9 Å². The molecule has 2 rings (SSSR count). The standard InChI is InChI=1S/C14H20BrN3OSi/c1-20(2,3)8-7-19-11-18-14(13(15)10-17-18)12-5-4-6-16-9-12/h4-6,9-10H,7-8,11H2,1-3H3. The summed E-state index contributed by atoms with van der Waals surface area (Å²) in [6.45, 7) is 8.31. The second kappa shape index (κ2) is 6.65. The molecule has 4 nitrogen and oxygen atoms in total. The van der Waals surface area contributed by atoms with E-state index in [1.807, 2.05) is 23.0 Å². The third-order valence-corrected chi connectivity index (χ3v) is 5.22. The molecule has 0 aliphatic rings. The molecule has 0 aliphatic carbocycles. The predicted octanol–water partition coefficient (Wildman–Crippen LogP) is 4.02. The number of ether oxygens (including phenoxy) is 1. The van der Waals surface area contributed by atoms with Gasteiger partial charge >= 0.3 is 0 Å². The van der Waals surface area contributed by atoms with Crippen LogP contribution in [-0.4, -0.2) is 29.4 Å². The minimum Gasteiger partial charge on any atom is -0.360 e. The maximum absolute atomic E-state index is 5.77. The maximum Gasteiger partial charge on any atom is 0.140 e. The van der Waals surface area contributed by atoms with Crippen LogP contribution in [0.5, 0.6) is 0 Å². The van der Waals surface area contributed by atoms with Crippen LogP contribution in [0.15, 0.2) is 35.2 Å². The molecule has 0 bridgehead atoms. The normalized spacial score (nSPS) is 11.8. The number of hydrogen-bond donors (Lipinski definition) is 0. The van der Waals surface area contributed by atoms with Crippen LogP contribution in [0.1, 0.15) is 0 Å². The third-order valence-electron chi connectivity index (χ3n) is 2.94. The second-order valence-corrected chi connectivity index (χ2v) is 12.4. The zero-order valence-electron chi connectivity index (χ0n) is 12.1. The van der Waals surface area contributed by atoms with Crippen molar-refractivity contribution in [2.75, 3.05) is 6.61 Å². The summed E-state index contributed by atoms with van der Waals surface area (Å²) in [6, 6.07) is 5.11. The van der Waals surface area contributed by atoms with Gasteiger partial charge in [0.2, 0.25) is 0 Å². The molecule has 0 saturated carbocycles. The highest BCUT2D eigenvalue weighted by Crippen LogP contribution is 2.27. The van der Waals surface area contributed by atoms with Crippen LogP contribution in [0, 0.1) is 0 Å². The number of pyridine rings is 1. The van der Waals surface area contributed by atoms with Gasteiger partial charge < -0.3 is 4.74 Å². The van der Waals surface area contributed by atoms with Crippen molar-refractivity contribution in [1.82, 2.24) is 14.8 Å². The molecule has 0 N–H and O–H groups in total. The van der Waals surface area contributed by atoms with Gasteiger partial charge in [-0.3, -0.25) is 4.98 Å². The van der Waals surface area contributed by atoms with Crippen molar-refractivity contribution in [3.8, 4) is 11.3 Å². The van der Waals surface area contributed by atoms with Crippen molar-refractivity contribution in [2.24, 2.45) is 0 Å². The summed E-state index contributed by atoms with van der Waals surface area (Å²) < 4.78 is 8.59. The zero-order chi connectivity index (χ0) is 14.6. The Hall–Kier alpha value is -0.983. The van der Waals surface area contributed by atoms with E-state index in [1.165, 1.54) is 0 Å². The maximum atomic E-state index is 5.77. The van der Waals surface area contributed by atoms with E-state index in [0.717, 1.165) is 28.4 Å². The van der Waals surface area contributed by atoms with Crippen molar-refractivity contribution in [3.63, 3.8) is 0 Å². The molecule has 0 saturated heterocycles. The van der Waals surface area contributed by atoms with Gasteiger partial charge in [0.15, 0.2) is 0 Å². The highest BCUT2D eigenvalue weighted by Gasteiger charge is 2.14. The first-order chi connectivity index (χ1) is 9.47. The molecular weight excluding hydrogens is 334 g/mol. The summed E-state index contributed by atoms with van der Waals surface area (Å²) in [4.78, 5) is 4.15. The van der Waals surface area contributed by atoms with E-state index in [2.05, 4.69) is 45.7 Å². The number of aromatic nitrogens is 3. The van der Waals surface area contributed by atoms with Gasteiger partial charge in [-0.15, -0.1) is 0 Å². The Kier molecular flexibility index (Phi) is 5.12. The molecular formula is C14H20BrN3OSi. The number of hydrogen-bond acceptors (Lipinski definition) is 3. The summed E-state index contributed by atoms with van der Waals surface area (Å²) in [5.41, 5.74) is 2.04. The zero-order valence-corrected chi connectivity index (χ0v) is 14.7. The van der Waals surface area contributed by atoms with Gasteiger partial charge in [0.25, 0.3) is 0 Å². The Morgan fingerprint density at radius 1 is 1.30 bits per heavy atom. The number of halogens is 1. The number of rotatable bonds is 6. The van der Waals surface area contributed by atoms with Crippen molar-refractivity contribution in [1.29, 1.82) is 0 Å². The fourth-order valence-corrected chi connectivity index (χ4v) is 3.06. The second-order valence-electron chi connectivity index (χ2n) is 5.93. The Bertz CT molecular complexity index is 551. The quantitative estimate of drug-likeness (QED) is 0.581. The average Bonchev–Trinajstić information content (AvgIpc) is 2.76. The lowest BCUT2D eigenvalue weighted by Crippen LogP contribution is -2.22. The first-order valence-corrected chi connectivity index (χ1v) is 11.2. The van der Waals surface area contributed by atoms with Gasteiger partial charge in [0, 0.05) is 32.6 Å². The van der Waals surface area contributed by atoms with E-state index in [9.17, 15) is 0 Å². The van der Waals surface area contributed by atoms with Crippen molar-refractivity contribution in [2.45, 2.75) is 32.4 Å². The summed E-state index contributed by atoms with van der Waals surface area (Å²) in [6.07, 6.45) is 5.40. The fraction of sp³-hybridized carbons (Fsp3) is 0.429. The Morgan fingerprint density at radius 2 is 2.10 bits per heavy atom. The Morgan fingerprint density at radius 3 is 2.75 bits per heavy atom. The minimum absolute atomic E-state index is 0.473. The van der Waals surface area contributed by atoms with Crippen LogP contribution in [0.25, 0.3) is 11.3 Å². The molecule has 20 heavy (non-hydrogen) atoms. The van der Waals surface area contributed by atoms with Crippen LogP contribution in [-0.2, 0) is 11.5 Å². The molecule has 0 fully saturated rings. The first-order valence-electron chi connectivity index (χ1n) is 6.67. The smallest absolute Gasteiger partial charge is 0.140 e. The van der Waals surface area contributed by atoms with E-state index in [0.29, 0.717) is 6.73 Å². The SMILES string of the molecule is C[Si](C)(C)CCOCn1ncc(Br)c1-c1cccnc1. The van der Waals surface area contributed by atoms with E-state index < -0.39 is 8.07 Å². The van der Waals surface area contributed by atoms with Crippen molar-refractivity contribution in [3.05, 3.63) is 35.2 Å². The Balaban J connectivity index is 2.03. The molecule has 6 heteroatoms. The van der Waals surface area contributed by atoms with Gasteiger partial charge in [-0.05, 0) is 34.1 Å². The van der Waals surface area contributed by atoms with E-state index in [4.69, 9.17) is 4.74 Å². The summed E-state index contributed by atoms with van der Waals surface area (Å²) in [5.74, 6) is 0. The van der Waals surface area contributed by atoms with Gasteiger partial charge in [-0.1, -0.05) is 19.6 Å². The van der Waals surface area contributed by atoms with Crippen molar-refractivity contribution >= 4 is 24.0 Å². The van der Waals surface area contributed by atoms with E-state index >= 15 is 0 Å². The van der Waals surface area contributed by atoms with Gasteiger partial charge in [-0.2, -0.15) is 5.10 Å². The fourth-order valence-electron chi connectivity index (χ4n) is 1.78. The van der Waals surface area contributed by atoms with Crippen LogP contribution < -0.4 is 0 Å². The lowest BCUT2D eigenvalue weighted by molar-refractivity contribution is 0.0797.